The highest BCUT2D eigenvalue weighted by Crippen LogP contribution is 2.25. The van der Waals surface area contributed by atoms with Gasteiger partial charge in [-0.2, -0.15) is 0 Å². The number of nitrogens with two attached hydrogens (primary N) is 1. The molecule has 2 unspecified atom stereocenters. The first-order valence-corrected chi connectivity index (χ1v) is 8.41. The molecular weight excluding hydrogens is 254 g/mol. The molecule has 1 aromatic heterocycles. The number of aryl methyl sites for hydroxylation is 1. The SMILES string of the molecule is CCc1nc(CCN2CCCCC2C)sc1C(C)N. The van der Waals surface area contributed by atoms with Crippen LogP contribution in [0.25, 0.3) is 0 Å². The van der Waals surface area contributed by atoms with E-state index in [1.807, 2.05) is 11.3 Å². The van der Waals surface area contributed by atoms with Crippen molar-refractivity contribution in [1.29, 1.82) is 0 Å². The third-order valence-electron chi connectivity index (χ3n) is 4.07. The molecule has 1 saturated heterocycles. The van der Waals surface area contributed by atoms with E-state index in [0.29, 0.717) is 0 Å². The van der Waals surface area contributed by atoms with Crippen LogP contribution in [-0.4, -0.2) is 29.0 Å². The van der Waals surface area contributed by atoms with E-state index >= 15 is 0 Å². The van der Waals surface area contributed by atoms with Gasteiger partial charge in [0.25, 0.3) is 0 Å². The molecule has 108 valence electrons. The van der Waals surface area contributed by atoms with Crippen molar-refractivity contribution >= 4 is 11.3 Å². The van der Waals surface area contributed by atoms with Crippen LogP contribution in [0.5, 0.6) is 0 Å². The average molecular weight is 281 g/mol. The molecule has 3 nitrogen and oxygen atoms in total. The second kappa shape index (κ2) is 6.82. The standard InChI is InChI=1S/C15H27N3S/c1-4-13-15(12(3)16)19-14(17-13)8-10-18-9-6-5-7-11(18)2/h11-12H,4-10,16H2,1-3H3. The van der Waals surface area contributed by atoms with Crippen LogP contribution in [0, 0.1) is 0 Å². The molecule has 2 heterocycles. The summed E-state index contributed by atoms with van der Waals surface area (Å²) in [6, 6.07) is 0.863. The molecule has 1 aliphatic rings. The lowest BCUT2D eigenvalue weighted by Crippen LogP contribution is -2.38. The summed E-state index contributed by atoms with van der Waals surface area (Å²) in [4.78, 5) is 8.67. The van der Waals surface area contributed by atoms with Crippen molar-refractivity contribution in [1.82, 2.24) is 9.88 Å². The van der Waals surface area contributed by atoms with Crippen LogP contribution >= 0.6 is 11.3 Å². The summed E-state index contributed by atoms with van der Waals surface area (Å²) in [7, 11) is 0. The zero-order valence-electron chi connectivity index (χ0n) is 12.5. The molecule has 0 amide bonds. The Morgan fingerprint density at radius 3 is 2.84 bits per heavy atom. The minimum Gasteiger partial charge on any atom is -0.323 e. The number of hydrogen-bond acceptors (Lipinski definition) is 4. The van der Waals surface area contributed by atoms with E-state index in [4.69, 9.17) is 10.7 Å². The van der Waals surface area contributed by atoms with Crippen LogP contribution in [0.3, 0.4) is 0 Å². The fourth-order valence-corrected chi connectivity index (χ4v) is 3.96. The average Bonchev–Trinajstić information content (AvgIpc) is 2.81. The number of rotatable bonds is 5. The van der Waals surface area contributed by atoms with Crippen molar-refractivity contribution in [2.75, 3.05) is 13.1 Å². The van der Waals surface area contributed by atoms with Crippen LogP contribution < -0.4 is 5.73 Å². The summed E-state index contributed by atoms with van der Waals surface area (Å²) >= 11 is 1.82. The highest BCUT2D eigenvalue weighted by Gasteiger charge is 2.19. The van der Waals surface area contributed by atoms with Crippen LogP contribution in [0.1, 0.15) is 61.7 Å². The highest BCUT2D eigenvalue weighted by molar-refractivity contribution is 7.11. The fourth-order valence-electron chi connectivity index (χ4n) is 2.86. The number of hydrogen-bond donors (Lipinski definition) is 1. The number of nitrogens with zero attached hydrogens (tertiary/aromatic N) is 2. The van der Waals surface area contributed by atoms with Crippen molar-refractivity contribution in [3.05, 3.63) is 15.6 Å². The Morgan fingerprint density at radius 1 is 1.47 bits per heavy atom. The van der Waals surface area contributed by atoms with Crippen LogP contribution in [0.4, 0.5) is 0 Å². The van der Waals surface area contributed by atoms with Crippen LogP contribution in [-0.2, 0) is 12.8 Å². The van der Waals surface area contributed by atoms with E-state index < -0.39 is 0 Å². The molecule has 1 fully saturated rings. The highest BCUT2D eigenvalue weighted by atomic mass is 32.1. The molecule has 1 aliphatic heterocycles. The van der Waals surface area contributed by atoms with E-state index in [-0.39, 0.29) is 6.04 Å². The normalized spacial score (nSPS) is 22.6. The van der Waals surface area contributed by atoms with Crippen molar-refractivity contribution in [2.45, 2.75) is 65.0 Å². The summed E-state index contributed by atoms with van der Waals surface area (Å²) in [5, 5.41) is 1.27. The Morgan fingerprint density at radius 2 is 2.26 bits per heavy atom. The van der Waals surface area contributed by atoms with Gasteiger partial charge in [-0.15, -0.1) is 11.3 Å². The molecule has 0 aliphatic carbocycles. The van der Waals surface area contributed by atoms with Gasteiger partial charge in [0.1, 0.15) is 0 Å². The summed E-state index contributed by atoms with van der Waals surface area (Å²) in [6.07, 6.45) is 6.17. The molecule has 1 aromatic rings. The van der Waals surface area contributed by atoms with Gasteiger partial charge in [0.15, 0.2) is 0 Å². The largest absolute Gasteiger partial charge is 0.323 e. The molecule has 19 heavy (non-hydrogen) atoms. The van der Waals surface area contributed by atoms with Gasteiger partial charge in [-0.3, -0.25) is 0 Å². The first kappa shape index (κ1) is 14.9. The molecule has 4 heteroatoms. The maximum atomic E-state index is 6.02. The smallest absolute Gasteiger partial charge is 0.0944 e. The Balaban J connectivity index is 1.95. The first-order chi connectivity index (χ1) is 9.11. The maximum absolute atomic E-state index is 6.02. The Hall–Kier alpha value is -0.450. The summed E-state index contributed by atoms with van der Waals surface area (Å²) in [5.41, 5.74) is 7.23. The number of thiazole rings is 1. The lowest BCUT2D eigenvalue weighted by atomic mass is 10.0. The fraction of sp³-hybridized carbons (Fsp3) is 0.800. The predicted octanol–water partition coefficient (Wildman–Crippen LogP) is 3.14. The maximum Gasteiger partial charge on any atom is 0.0944 e. The monoisotopic (exact) mass is 281 g/mol. The number of aromatic nitrogens is 1. The van der Waals surface area contributed by atoms with Gasteiger partial charge in [0, 0.05) is 29.9 Å². The third-order valence-corrected chi connectivity index (χ3v) is 5.43. The van der Waals surface area contributed by atoms with Crippen molar-refractivity contribution < 1.29 is 0 Å². The second-order valence-corrected chi connectivity index (χ2v) is 6.81. The summed E-state index contributed by atoms with van der Waals surface area (Å²) in [6.45, 7) is 8.98. The van der Waals surface area contributed by atoms with Gasteiger partial charge in [-0.05, 0) is 39.7 Å². The molecule has 0 bridgehead atoms. The lowest BCUT2D eigenvalue weighted by Gasteiger charge is -2.33. The third kappa shape index (κ3) is 3.77. The van der Waals surface area contributed by atoms with Crippen molar-refractivity contribution in [2.24, 2.45) is 5.73 Å². The number of piperidine rings is 1. The van der Waals surface area contributed by atoms with Crippen molar-refractivity contribution in [3.8, 4) is 0 Å². The molecule has 2 rings (SSSR count). The molecule has 0 saturated carbocycles. The Kier molecular flexibility index (Phi) is 5.37. The second-order valence-electron chi connectivity index (χ2n) is 5.69. The Labute approximate surface area is 121 Å². The minimum atomic E-state index is 0.120. The number of likely N-dealkylation sites (tertiary alicyclic amines) is 1. The van der Waals surface area contributed by atoms with Crippen molar-refractivity contribution in [3.63, 3.8) is 0 Å². The van der Waals surface area contributed by atoms with E-state index in [9.17, 15) is 0 Å². The zero-order valence-corrected chi connectivity index (χ0v) is 13.3. The van der Waals surface area contributed by atoms with Gasteiger partial charge in [0.2, 0.25) is 0 Å². The molecule has 2 atom stereocenters. The van der Waals surface area contributed by atoms with Gasteiger partial charge < -0.3 is 10.6 Å². The molecule has 2 N–H and O–H groups in total. The van der Waals surface area contributed by atoms with Crippen LogP contribution in [0.2, 0.25) is 0 Å². The summed E-state index contributed by atoms with van der Waals surface area (Å²) < 4.78 is 0. The topological polar surface area (TPSA) is 42.2 Å². The van der Waals surface area contributed by atoms with Crippen LogP contribution in [0.15, 0.2) is 0 Å². The quantitative estimate of drug-likeness (QED) is 0.901. The van der Waals surface area contributed by atoms with Gasteiger partial charge in [-0.1, -0.05) is 13.3 Å². The molecule has 0 aromatic carbocycles. The first-order valence-electron chi connectivity index (χ1n) is 7.60. The Bertz CT molecular complexity index is 400. The predicted molar refractivity (Wildman–Crippen MR) is 82.7 cm³/mol. The van der Waals surface area contributed by atoms with E-state index in [0.717, 1.165) is 25.4 Å². The van der Waals surface area contributed by atoms with E-state index in [2.05, 4.69) is 25.7 Å². The minimum absolute atomic E-state index is 0.120. The summed E-state index contributed by atoms with van der Waals surface area (Å²) in [5.74, 6) is 0. The molecular formula is C15H27N3S. The van der Waals surface area contributed by atoms with Gasteiger partial charge in [0.05, 0.1) is 10.7 Å². The van der Waals surface area contributed by atoms with Gasteiger partial charge in [-0.25, -0.2) is 4.98 Å². The lowest BCUT2D eigenvalue weighted by molar-refractivity contribution is 0.163. The van der Waals surface area contributed by atoms with E-state index in [1.54, 1.807) is 0 Å². The molecule has 0 radical (unpaired) electrons. The van der Waals surface area contributed by atoms with E-state index in [1.165, 1.54) is 41.4 Å². The van der Waals surface area contributed by atoms with Gasteiger partial charge >= 0.3 is 0 Å². The zero-order chi connectivity index (χ0) is 13.8. The molecule has 0 spiro atoms.